The Bertz CT molecular complexity index is 1080. The van der Waals surface area contributed by atoms with Gasteiger partial charge < -0.3 is 9.47 Å². The molecule has 1 fully saturated rings. The summed E-state index contributed by atoms with van der Waals surface area (Å²) in [4.78, 5) is 12.8. The van der Waals surface area contributed by atoms with E-state index in [4.69, 9.17) is 9.47 Å². The Morgan fingerprint density at radius 2 is 1.17 bits per heavy atom. The van der Waals surface area contributed by atoms with E-state index in [0.717, 1.165) is 11.5 Å². The van der Waals surface area contributed by atoms with Crippen LogP contribution in [0.5, 0.6) is 11.5 Å². The molecule has 0 atom stereocenters. The van der Waals surface area contributed by atoms with Crippen LogP contribution in [-0.4, -0.2) is 30.3 Å². The van der Waals surface area contributed by atoms with Crippen molar-refractivity contribution in [1.29, 1.82) is 0 Å². The van der Waals surface area contributed by atoms with Crippen molar-refractivity contribution in [2.24, 2.45) is 0 Å². The molecule has 1 aliphatic rings. The molecular weight excluding hydrogens is 463 g/mol. The van der Waals surface area contributed by atoms with E-state index in [0.29, 0.717) is 36.4 Å². The van der Waals surface area contributed by atoms with Crippen molar-refractivity contribution in [1.82, 2.24) is 0 Å². The van der Waals surface area contributed by atoms with Crippen LogP contribution in [0.3, 0.4) is 0 Å². The smallest absolute Gasteiger partial charge is 0.161 e. The van der Waals surface area contributed by atoms with Crippen LogP contribution in [-0.2, 0) is 4.79 Å². The van der Waals surface area contributed by atoms with Gasteiger partial charge in [0, 0.05) is 12.8 Å². The van der Waals surface area contributed by atoms with Gasteiger partial charge in [0.05, 0.1) is 14.2 Å². The SMILES string of the molecule is COc1cc(-c2c(C(C)C)cc(C(C)C)cc2C(C)C)c(P2C(C)(C)CC(=O)CC2(C)C)cc1OC. The Hall–Kier alpha value is -1.86. The summed E-state index contributed by atoms with van der Waals surface area (Å²) in [5.41, 5.74) is 6.75. The van der Waals surface area contributed by atoms with E-state index in [2.05, 4.69) is 93.5 Å². The van der Waals surface area contributed by atoms with Crippen molar-refractivity contribution < 1.29 is 14.3 Å². The van der Waals surface area contributed by atoms with Crippen molar-refractivity contribution in [2.75, 3.05) is 14.2 Å². The van der Waals surface area contributed by atoms with E-state index in [9.17, 15) is 4.79 Å². The second-order valence-electron chi connectivity index (χ2n) is 12.6. The molecule has 1 heterocycles. The average molecular weight is 511 g/mol. The fourth-order valence-electron chi connectivity index (χ4n) is 6.18. The summed E-state index contributed by atoms with van der Waals surface area (Å²) in [6, 6.07) is 9.28. The quantitative estimate of drug-likeness (QED) is 0.349. The summed E-state index contributed by atoms with van der Waals surface area (Å²) >= 11 is 0. The summed E-state index contributed by atoms with van der Waals surface area (Å²) in [7, 11) is 2.73. The van der Waals surface area contributed by atoms with Gasteiger partial charge in [0.1, 0.15) is 5.78 Å². The Morgan fingerprint density at radius 1 is 0.722 bits per heavy atom. The van der Waals surface area contributed by atoms with Gasteiger partial charge in [-0.15, -0.1) is 0 Å². The van der Waals surface area contributed by atoms with Crippen LogP contribution in [0, 0.1) is 0 Å². The van der Waals surface area contributed by atoms with Crippen LogP contribution in [0.4, 0.5) is 0 Å². The standard InChI is InChI=1S/C32H47O3P/c1-19(2)22-13-24(20(3)4)30(25(14-22)21(5)6)26-15-27(34-11)28(35-12)16-29(26)36-31(7,8)17-23(33)18-32(36,9)10/h13-16,19-21H,17-18H2,1-12H3. The maximum atomic E-state index is 12.8. The molecule has 0 radical (unpaired) electrons. The molecule has 0 saturated carbocycles. The molecular formula is C32H47O3P. The summed E-state index contributed by atoms with van der Waals surface area (Å²) in [5.74, 6) is 3.10. The first-order valence-electron chi connectivity index (χ1n) is 13.4. The third-order valence-corrected chi connectivity index (χ3v) is 11.2. The molecule has 2 aromatic carbocycles. The van der Waals surface area contributed by atoms with Crippen LogP contribution in [0.1, 0.15) is 117 Å². The number of methoxy groups -OCH3 is 2. The van der Waals surface area contributed by atoms with Gasteiger partial charge in [0.25, 0.3) is 0 Å². The fourth-order valence-corrected chi connectivity index (χ4v) is 10.5. The number of carbonyl (C=O) groups excluding carboxylic acids is 1. The number of benzene rings is 2. The van der Waals surface area contributed by atoms with Crippen molar-refractivity contribution in [2.45, 2.75) is 110 Å². The van der Waals surface area contributed by atoms with E-state index in [1.54, 1.807) is 14.2 Å². The molecule has 4 heteroatoms. The van der Waals surface area contributed by atoms with Gasteiger partial charge in [0.15, 0.2) is 11.5 Å². The molecule has 36 heavy (non-hydrogen) atoms. The van der Waals surface area contributed by atoms with Gasteiger partial charge in [-0.05, 0) is 73.3 Å². The van der Waals surface area contributed by atoms with E-state index in [1.807, 2.05) is 0 Å². The van der Waals surface area contributed by atoms with Crippen LogP contribution in [0.2, 0.25) is 0 Å². The normalized spacial score (nSPS) is 17.8. The number of rotatable bonds is 7. The van der Waals surface area contributed by atoms with E-state index in [1.165, 1.54) is 33.1 Å². The summed E-state index contributed by atoms with van der Waals surface area (Å²) < 4.78 is 11.7. The van der Waals surface area contributed by atoms with E-state index < -0.39 is 7.92 Å². The van der Waals surface area contributed by atoms with Crippen molar-refractivity contribution in [3.8, 4) is 22.6 Å². The highest BCUT2D eigenvalue weighted by atomic mass is 31.1. The molecule has 198 valence electrons. The highest BCUT2D eigenvalue weighted by molar-refractivity contribution is 7.69. The van der Waals surface area contributed by atoms with Gasteiger partial charge in [-0.2, -0.15) is 0 Å². The zero-order valence-electron chi connectivity index (χ0n) is 24.6. The number of Topliss-reactive ketones (excluding diaryl/α,β-unsaturated/α-hetero) is 1. The Balaban J connectivity index is 2.50. The van der Waals surface area contributed by atoms with Gasteiger partial charge >= 0.3 is 0 Å². The number of hydrogen-bond acceptors (Lipinski definition) is 3. The largest absolute Gasteiger partial charge is 0.493 e. The first-order chi connectivity index (χ1) is 16.6. The summed E-state index contributed by atoms with van der Waals surface area (Å²) in [6.07, 6.45) is 1.24. The van der Waals surface area contributed by atoms with E-state index in [-0.39, 0.29) is 10.3 Å². The fraction of sp³-hybridized carbons (Fsp3) is 0.594. The predicted octanol–water partition coefficient (Wildman–Crippen LogP) is 8.77. The lowest BCUT2D eigenvalue weighted by molar-refractivity contribution is -0.120. The Morgan fingerprint density at radius 3 is 1.56 bits per heavy atom. The average Bonchev–Trinajstić information content (AvgIpc) is 2.75. The Labute approximate surface area is 221 Å². The van der Waals surface area contributed by atoms with Gasteiger partial charge in [-0.3, -0.25) is 4.79 Å². The third-order valence-electron chi connectivity index (χ3n) is 7.61. The lowest BCUT2D eigenvalue weighted by atomic mass is 9.81. The van der Waals surface area contributed by atoms with Crippen LogP contribution in [0.25, 0.3) is 11.1 Å². The second-order valence-corrected chi connectivity index (χ2v) is 16.2. The molecule has 0 spiro atoms. The monoisotopic (exact) mass is 510 g/mol. The number of ether oxygens (including phenoxy) is 2. The third kappa shape index (κ3) is 5.38. The minimum atomic E-state index is -0.704. The van der Waals surface area contributed by atoms with E-state index >= 15 is 0 Å². The van der Waals surface area contributed by atoms with Gasteiger partial charge in [-0.25, -0.2) is 0 Å². The molecule has 0 amide bonds. The summed E-state index contributed by atoms with van der Waals surface area (Å²) in [5, 5.41) is 1.10. The van der Waals surface area contributed by atoms with Gasteiger partial charge in [0.2, 0.25) is 0 Å². The molecule has 0 N–H and O–H groups in total. The van der Waals surface area contributed by atoms with Crippen LogP contribution in [0.15, 0.2) is 24.3 Å². The number of ketones is 1. The maximum absolute atomic E-state index is 12.8. The number of carbonyl (C=O) groups is 1. The summed E-state index contributed by atoms with van der Waals surface area (Å²) in [6.45, 7) is 22.9. The van der Waals surface area contributed by atoms with Crippen molar-refractivity contribution in [3.05, 3.63) is 41.0 Å². The molecule has 1 aliphatic heterocycles. The second kappa shape index (κ2) is 10.5. The molecule has 0 unspecified atom stereocenters. The molecule has 3 rings (SSSR count). The maximum Gasteiger partial charge on any atom is 0.161 e. The molecule has 0 aliphatic carbocycles. The minimum Gasteiger partial charge on any atom is -0.493 e. The molecule has 0 aromatic heterocycles. The first-order valence-corrected chi connectivity index (χ1v) is 14.7. The molecule has 2 aromatic rings. The highest BCUT2D eigenvalue weighted by Gasteiger charge is 2.48. The topological polar surface area (TPSA) is 35.5 Å². The van der Waals surface area contributed by atoms with Crippen molar-refractivity contribution in [3.63, 3.8) is 0 Å². The minimum absolute atomic E-state index is 0.115. The van der Waals surface area contributed by atoms with Crippen LogP contribution < -0.4 is 14.8 Å². The van der Waals surface area contributed by atoms with Crippen molar-refractivity contribution >= 4 is 19.0 Å². The Kier molecular flexibility index (Phi) is 8.36. The molecule has 1 saturated heterocycles. The lowest BCUT2D eigenvalue weighted by Crippen LogP contribution is -2.43. The predicted molar refractivity (Wildman–Crippen MR) is 156 cm³/mol. The lowest BCUT2D eigenvalue weighted by Gasteiger charge is -2.50. The zero-order chi connectivity index (χ0) is 27.2. The van der Waals surface area contributed by atoms with Crippen LogP contribution >= 0.6 is 7.92 Å². The molecule has 0 bridgehead atoms. The first kappa shape index (κ1) is 28.7. The molecule has 3 nitrogen and oxygen atoms in total. The van der Waals surface area contributed by atoms with Gasteiger partial charge in [-0.1, -0.05) is 89.3 Å². The highest BCUT2D eigenvalue weighted by Crippen LogP contribution is 2.66. The number of hydrogen-bond donors (Lipinski definition) is 0. The zero-order valence-corrected chi connectivity index (χ0v) is 25.5.